The molecule has 30 heavy (non-hydrogen) atoms. The number of hydrogen-bond acceptors (Lipinski definition) is 8. The van der Waals surface area contributed by atoms with E-state index in [4.69, 9.17) is 10.8 Å². The number of aromatic nitrogens is 2. The molecule has 6 N–H and O–H groups in total. The van der Waals surface area contributed by atoms with E-state index in [0.717, 1.165) is 11.1 Å². The minimum Gasteiger partial charge on any atom is -0.506 e. The number of aliphatic hydroxyl groups is 2. The maximum atomic E-state index is 12.6. The second-order valence-corrected chi connectivity index (χ2v) is 7.18. The Morgan fingerprint density at radius 1 is 1.10 bits per heavy atom. The Hall–Kier alpha value is -2.98. The van der Waals surface area contributed by atoms with E-state index in [0.29, 0.717) is 54.8 Å². The van der Waals surface area contributed by atoms with E-state index in [9.17, 15) is 20.1 Å². The molecular formula is C21H25N5O4. The molecule has 0 saturated heterocycles. The molecule has 0 spiro atoms. The monoisotopic (exact) mass is 411 g/mol. The van der Waals surface area contributed by atoms with Gasteiger partial charge in [-0.1, -0.05) is 6.07 Å². The minimum atomic E-state index is -0.281. The normalized spacial score (nSPS) is 12.0. The van der Waals surface area contributed by atoms with Crippen LogP contribution in [-0.4, -0.2) is 69.2 Å². The molecule has 0 bridgehead atoms. The molecule has 0 unspecified atom stereocenters. The number of aliphatic hydroxyl groups excluding tert-OH is 2. The Kier molecular flexibility index (Phi) is 5.69. The summed E-state index contributed by atoms with van der Waals surface area (Å²) in [6.07, 6.45) is 0. The highest BCUT2D eigenvalue weighted by atomic mass is 16.3. The van der Waals surface area contributed by atoms with Gasteiger partial charge in [0.25, 0.3) is 0 Å². The number of nitrogens with two attached hydrogens (primary N) is 1. The number of nitrogens with zero attached hydrogens (tertiary/aromatic N) is 3. The number of rotatable bonds is 9. The predicted octanol–water partition coefficient (Wildman–Crippen LogP) is 0.302. The van der Waals surface area contributed by atoms with Crippen LogP contribution in [0.1, 0.15) is 5.69 Å². The first-order valence-electron chi connectivity index (χ1n) is 9.90. The second-order valence-electron chi connectivity index (χ2n) is 7.18. The molecule has 9 heteroatoms. The first-order chi connectivity index (χ1) is 14.6. The van der Waals surface area contributed by atoms with Gasteiger partial charge in [-0.25, -0.2) is 4.52 Å². The smallest absolute Gasteiger partial charge is 0.191 e. The number of aromatic hydroxyl groups is 1. The Balaban J connectivity index is 2.02. The molecule has 0 aliphatic heterocycles. The van der Waals surface area contributed by atoms with Gasteiger partial charge in [-0.05, 0) is 24.3 Å². The molecular weight excluding hydrogens is 386 g/mol. The van der Waals surface area contributed by atoms with E-state index in [1.165, 1.54) is 6.07 Å². The molecule has 9 nitrogen and oxygen atoms in total. The first kappa shape index (κ1) is 20.3. The molecule has 0 atom stereocenters. The third-order valence-electron chi connectivity index (χ3n) is 5.29. The Morgan fingerprint density at radius 2 is 1.87 bits per heavy atom. The summed E-state index contributed by atoms with van der Waals surface area (Å²) in [5.74, 6) is -0.0813. The van der Waals surface area contributed by atoms with E-state index >= 15 is 0 Å². The van der Waals surface area contributed by atoms with Gasteiger partial charge in [0, 0.05) is 43.8 Å². The lowest BCUT2D eigenvalue weighted by molar-refractivity contribution is 0.155. The molecule has 0 saturated carbocycles. The van der Waals surface area contributed by atoms with Crippen LogP contribution in [0.15, 0.2) is 35.1 Å². The number of nitrogens with one attached hydrogen (secondary N) is 1. The Morgan fingerprint density at radius 3 is 2.57 bits per heavy atom. The largest absolute Gasteiger partial charge is 0.506 e. The van der Waals surface area contributed by atoms with E-state index in [1.807, 2.05) is 17.0 Å². The Labute approximate surface area is 172 Å². The van der Waals surface area contributed by atoms with Crippen LogP contribution >= 0.6 is 0 Å². The van der Waals surface area contributed by atoms with Crippen molar-refractivity contribution in [2.45, 2.75) is 6.54 Å². The van der Waals surface area contributed by atoms with Crippen LogP contribution in [0.3, 0.4) is 0 Å². The molecule has 4 aromatic rings. The van der Waals surface area contributed by atoms with Gasteiger partial charge in [0.1, 0.15) is 5.75 Å². The van der Waals surface area contributed by atoms with Crippen LogP contribution in [0.25, 0.3) is 27.2 Å². The fraction of sp³-hybridized carbons (Fsp3) is 0.333. The minimum absolute atomic E-state index is 0.0337. The predicted molar refractivity (Wildman–Crippen MR) is 116 cm³/mol. The zero-order valence-electron chi connectivity index (χ0n) is 16.5. The summed E-state index contributed by atoms with van der Waals surface area (Å²) < 4.78 is 1.69. The van der Waals surface area contributed by atoms with Crippen molar-refractivity contribution in [3.05, 3.63) is 46.2 Å². The molecule has 2 aromatic carbocycles. The van der Waals surface area contributed by atoms with Gasteiger partial charge in [0.15, 0.2) is 5.43 Å². The molecule has 2 aromatic heterocycles. The van der Waals surface area contributed by atoms with Crippen LogP contribution in [0.4, 0.5) is 5.69 Å². The molecule has 0 aliphatic carbocycles. The van der Waals surface area contributed by atoms with Crippen molar-refractivity contribution in [1.82, 2.24) is 14.5 Å². The molecule has 158 valence electrons. The first-order valence-corrected chi connectivity index (χ1v) is 9.90. The van der Waals surface area contributed by atoms with E-state index in [2.05, 4.69) is 5.32 Å². The third kappa shape index (κ3) is 3.31. The topological polar surface area (TPSA) is 136 Å². The van der Waals surface area contributed by atoms with Gasteiger partial charge in [0.2, 0.25) is 0 Å². The van der Waals surface area contributed by atoms with E-state index in [-0.39, 0.29) is 29.8 Å². The number of hydrogen-bond donors (Lipinski definition) is 5. The molecule has 0 aliphatic rings. The maximum Gasteiger partial charge on any atom is 0.191 e. The summed E-state index contributed by atoms with van der Waals surface area (Å²) in [6, 6.07) is 8.59. The summed E-state index contributed by atoms with van der Waals surface area (Å²) in [7, 11) is 0. The molecule has 2 heterocycles. The van der Waals surface area contributed by atoms with E-state index in [1.54, 1.807) is 16.6 Å². The van der Waals surface area contributed by atoms with Crippen molar-refractivity contribution in [1.29, 1.82) is 0 Å². The summed E-state index contributed by atoms with van der Waals surface area (Å²) in [5.41, 5.74) is 7.98. The third-order valence-corrected chi connectivity index (χ3v) is 5.29. The van der Waals surface area contributed by atoms with Crippen LogP contribution in [0, 0.1) is 0 Å². The lowest BCUT2D eigenvalue weighted by Gasteiger charge is -2.18. The van der Waals surface area contributed by atoms with Gasteiger partial charge in [-0.3, -0.25) is 9.69 Å². The zero-order valence-corrected chi connectivity index (χ0v) is 16.5. The molecule has 4 rings (SSSR count). The van der Waals surface area contributed by atoms with Gasteiger partial charge in [-0.2, -0.15) is 5.10 Å². The average molecular weight is 411 g/mol. The number of pyridine rings is 1. The van der Waals surface area contributed by atoms with Crippen molar-refractivity contribution in [3.8, 4) is 5.75 Å². The molecule has 0 radical (unpaired) electrons. The van der Waals surface area contributed by atoms with Gasteiger partial charge >= 0.3 is 0 Å². The highest BCUT2D eigenvalue weighted by Crippen LogP contribution is 2.40. The van der Waals surface area contributed by atoms with Gasteiger partial charge in [-0.15, -0.1) is 0 Å². The van der Waals surface area contributed by atoms with Crippen molar-refractivity contribution in [2.75, 3.05) is 44.7 Å². The van der Waals surface area contributed by atoms with Crippen LogP contribution in [0.2, 0.25) is 0 Å². The fourth-order valence-corrected chi connectivity index (χ4v) is 3.98. The highest BCUT2D eigenvalue weighted by molar-refractivity contribution is 6.13. The SMILES string of the molecule is NCCNc1ccc2c(CN(CCO)CCO)nn3c4cccc(=O)c4c(O)c1c23. The number of benzene rings is 2. The highest BCUT2D eigenvalue weighted by Gasteiger charge is 2.22. The van der Waals surface area contributed by atoms with Gasteiger partial charge in [0.05, 0.1) is 40.7 Å². The number of anilines is 1. The zero-order chi connectivity index (χ0) is 21.3. The standard InChI is InChI=1S/C21H25N5O4/c22-6-7-23-14-5-4-13-15(12-25(8-10-27)9-11-28)24-26-16-2-1-3-17(29)19(16)21(30)18(14)20(13)26/h1-5,23,27-28,30H,6-12,22H2. The van der Waals surface area contributed by atoms with Crippen LogP contribution in [-0.2, 0) is 6.54 Å². The quantitative estimate of drug-likeness (QED) is 0.248. The summed E-state index contributed by atoms with van der Waals surface area (Å²) in [6.45, 7) is 2.07. The van der Waals surface area contributed by atoms with Crippen molar-refractivity contribution in [2.24, 2.45) is 5.73 Å². The molecule has 0 amide bonds. The maximum absolute atomic E-state index is 12.6. The van der Waals surface area contributed by atoms with Gasteiger partial charge < -0.3 is 26.4 Å². The molecule has 0 fully saturated rings. The van der Waals surface area contributed by atoms with Crippen LogP contribution < -0.4 is 16.5 Å². The summed E-state index contributed by atoms with van der Waals surface area (Å²) in [5, 5.41) is 39.3. The van der Waals surface area contributed by atoms with E-state index < -0.39 is 0 Å². The number of fused-ring (bicyclic) bond motifs is 2. The summed E-state index contributed by atoms with van der Waals surface area (Å²) in [4.78, 5) is 14.5. The second kappa shape index (κ2) is 8.41. The fourth-order valence-electron chi connectivity index (χ4n) is 3.98. The van der Waals surface area contributed by atoms with Crippen molar-refractivity contribution < 1.29 is 15.3 Å². The lowest BCUT2D eigenvalue weighted by atomic mass is 10.0. The summed E-state index contributed by atoms with van der Waals surface area (Å²) >= 11 is 0. The van der Waals surface area contributed by atoms with Crippen molar-refractivity contribution in [3.63, 3.8) is 0 Å². The van der Waals surface area contributed by atoms with Crippen LogP contribution in [0.5, 0.6) is 5.75 Å². The van der Waals surface area contributed by atoms with Crippen molar-refractivity contribution >= 4 is 32.9 Å². The lowest BCUT2D eigenvalue weighted by Crippen LogP contribution is -2.29. The average Bonchev–Trinajstić information content (AvgIpc) is 3.09. The Bertz CT molecular complexity index is 1230.